The first kappa shape index (κ1) is 14.1. The molecule has 0 aliphatic heterocycles. The van der Waals surface area contributed by atoms with Crippen molar-refractivity contribution >= 4 is 5.91 Å². The molecule has 1 atom stereocenters. The van der Waals surface area contributed by atoms with Gasteiger partial charge in [-0.2, -0.15) is 0 Å². The number of rotatable bonds is 5. The van der Waals surface area contributed by atoms with Crippen LogP contribution in [0.4, 0.5) is 0 Å². The number of carbonyl (C=O) groups excluding carboxylic acids is 1. The molecule has 0 aliphatic carbocycles. The van der Waals surface area contributed by atoms with E-state index in [1.165, 1.54) is 6.26 Å². The van der Waals surface area contributed by atoms with Gasteiger partial charge in [-0.1, -0.05) is 18.2 Å². The molecule has 106 valence electrons. The summed E-state index contributed by atoms with van der Waals surface area (Å²) in [6, 6.07) is 8.76. The molecule has 1 aromatic heterocycles. The lowest BCUT2D eigenvalue weighted by molar-refractivity contribution is 0.0913. The highest BCUT2D eigenvalue weighted by atomic mass is 16.5. The number of aliphatic hydroxyl groups excluding tert-OH is 1. The first-order chi connectivity index (χ1) is 9.63. The van der Waals surface area contributed by atoms with Crippen molar-refractivity contribution in [3.05, 3.63) is 53.5 Å². The Kier molecular flexibility index (Phi) is 4.42. The Morgan fingerprint density at radius 1 is 1.40 bits per heavy atom. The Balaban J connectivity index is 2.00. The topological polar surface area (TPSA) is 71.7 Å². The molecule has 5 nitrogen and oxygen atoms in total. The van der Waals surface area contributed by atoms with E-state index < -0.39 is 6.10 Å². The molecular formula is C15H17NO4. The van der Waals surface area contributed by atoms with E-state index in [4.69, 9.17) is 9.15 Å². The third-order valence-corrected chi connectivity index (χ3v) is 3.06. The lowest BCUT2D eigenvalue weighted by atomic mass is 10.1. The molecule has 0 radical (unpaired) electrons. The van der Waals surface area contributed by atoms with Crippen molar-refractivity contribution in [2.45, 2.75) is 13.0 Å². The second-order valence-corrected chi connectivity index (χ2v) is 4.36. The summed E-state index contributed by atoms with van der Waals surface area (Å²) in [6.45, 7) is 1.81. The summed E-state index contributed by atoms with van der Waals surface area (Å²) in [5.41, 5.74) is 1.11. The summed E-state index contributed by atoms with van der Waals surface area (Å²) in [5, 5.41) is 12.8. The van der Waals surface area contributed by atoms with Crippen LogP contribution in [-0.2, 0) is 0 Å². The summed E-state index contributed by atoms with van der Waals surface area (Å²) >= 11 is 0. The first-order valence-corrected chi connectivity index (χ1v) is 6.26. The molecule has 1 amide bonds. The molecule has 1 heterocycles. The van der Waals surface area contributed by atoms with Gasteiger partial charge in [0, 0.05) is 12.1 Å². The Bertz CT molecular complexity index is 591. The molecule has 0 bridgehead atoms. The summed E-state index contributed by atoms with van der Waals surface area (Å²) in [7, 11) is 1.54. The fourth-order valence-electron chi connectivity index (χ4n) is 1.96. The molecule has 0 saturated carbocycles. The van der Waals surface area contributed by atoms with Gasteiger partial charge in [-0.3, -0.25) is 4.79 Å². The fourth-order valence-corrected chi connectivity index (χ4v) is 1.96. The predicted molar refractivity (Wildman–Crippen MR) is 73.7 cm³/mol. The van der Waals surface area contributed by atoms with Gasteiger partial charge in [0.2, 0.25) is 0 Å². The van der Waals surface area contributed by atoms with Crippen molar-refractivity contribution in [1.29, 1.82) is 0 Å². The van der Waals surface area contributed by atoms with Gasteiger partial charge in [0.25, 0.3) is 5.91 Å². The third-order valence-electron chi connectivity index (χ3n) is 3.06. The minimum absolute atomic E-state index is 0.101. The van der Waals surface area contributed by atoms with Gasteiger partial charge in [0.15, 0.2) is 0 Å². The number of aliphatic hydroxyl groups is 1. The van der Waals surface area contributed by atoms with Gasteiger partial charge < -0.3 is 19.6 Å². The largest absolute Gasteiger partial charge is 0.496 e. The number of methoxy groups -OCH3 is 1. The number of furan rings is 1. The molecule has 0 spiro atoms. The number of hydrogen-bond donors (Lipinski definition) is 2. The van der Waals surface area contributed by atoms with Gasteiger partial charge in [-0.15, -0.1) is 0 Å². The molecule has 1 aromatic carbocycles. The number of nitrogens with one attached hydrogen (secondary N) is 1. The number of aryl methyl sites for hydroxylation is 1. The minimum atomic E-state index is -0.831. The molecule has 0 aliphatic rings. The second kappa shape index (κ2) is 6.25. The predicted octanol–water partition coefficient (Wildman–Crippen LogP) is 2.06. The Morgan fingerprint density at radius 2 is 2.15 bits per heavy atom. The van der Waals surface area contributed by atoms with Crippen LogP contribution < -0.4 is 10.1 Å². The lowest BCUT2D eigenvalue weighted by Crippen LogP contribution is -2.28. The van der Waals surface area contributed by atoms with E-state index in [-0.39, 0.29) is 12.5 Å². The van der Waals surface area contributed by atoms with Crippen LogP contribution in [0.3, 0.4) is 0 Å². The summed E-state index contributed by atoms with van der Waals surface area (Å²) in [5.74, 6) is 0.869. The lowest BCUT2D eigenvalue weighted by Gasteiger charge is -2.15. The van der Waals surface area contributed by atoms with Crippen molar-refractivity contribution in [2.75, 3.05) is 13.7 Å². The van der Waals surface area contributed by atoms with Crippen molar-refractivity contribution in [3.63, 3.8) is 0 Å². The summed E-state index contributed by atoms with van der Waals surface area (Å²) in [4.78, 5) is 11.9. The third kappa shape index (κ3) is 3.00. The van der Waals surface area contributed by atoms with Crippen LogP contribution in [0.2, 0.25) is 0 Å². The van der Waals surface area contributed by atoms with Gasteiger partial charge in [0.1, 0.15) is 11.5 Å². The maximum absolute atomic E-state index is 11.9. The number of carbonyl (C=O) groups is 1. The van der Waals surface area contributed by atoms with Crippen molar-refractivity contribution in [1.82, 2.24) is 5.32 Å². The van der Waals surface area contributed by atoms with Gasteiger partial charge in [-0.25, -0.2) is 0 Å². The van der Waals surface area contributed by atoms with Gasteiger partial charge in [0.05, 0.1) is 25.0 Å². The zero-order chi connectivity index (χ0) is 14.5. The van der Waals surface area contributed by atoms with E-state index >= 15 is 0 Å². The molecule has 0 fully saturated rings. The highest BCUT2D eigenvalue weighted by Crippen LogP contribution is 2.24. The SMILES string of the molecule is COc1ccccc1C(O)CNC(=O)c1ccoc1C. The number of hydrogen-bond acceptors (Lipinski definition) is 4. The average molecular weight is 275 g/mol. The fraction of sp³-hybridized carbons (Fsp3) is 0.267. The van der Waals surface area contributed by atoms with E-state index in [1.54, 1.807) is 32.2 Å². The number of ether oxygens (including phenoxy) is 1. The Labute approximate surface area is 117 Å². The van der Waals surface area contributed by atoms with Crippen LogP contribution in [-0.4, -0.2) is 24.7 Å². The highest BCUT2D eigenvalue weighted by Gasteiger charge is 2.16. The van der Waals surface area contributed by atoms with Crippen LogP contribution in [0, 0.1) is 6.92 Å². The van der Waals surface area contributed by atoms with E-state index in [9.17, 15) is 9.90 Å². The molecule has 5 heteroatoms. The summed E-state index contributed by atoms with van der Waals surface area (Å²) < 4.78 is 10.2. The van der Waals surface area contributed by atoms with Crippen molar-refractivity contribution in [2.24, 2.45) is 0 Å². The van der Waals surface area contributed by atoms with E-state index in [1.807, 2.05) is 12.1 Å². The van der Waals surface area contributed by atoms with Gasteiger partial charge >= 0.3 is 0 Å². The monoisotopic (exact) mass is 275 g/mol. The van der Waals surface area contributed by atoms with Crippen LogP contribution in [0.15, 0.2) is 41.0 Å². The molecule has 2 rings (SSSR count). The van der Waals surface area contributed by atoms with Crippen LogP contribution in [0.1, 0.15) is 27.8 Å². The zero-order valence-electron chi connectivity index (χ0n) is 11.4. The van der Waals surface area contributed by atoms with E-state index in [0.717, 1.165) is 0 Å². The number of benzene rings is 1. The highest BCUT2D eigenvalue weighted by molar-refractivity contribution is 5.95. The van der Waals surface area contributed by atoms with E-state index in [0.29, 0.717) is 22.6 Å². The van der Waals surface area contributed by atoms with Crippen molar-refractivity contribution in [3.8, 4) is 5.75 Å². The number of para-hydroxylation sites is 1. The quantitative estimate of drug-likeness (QED) is 0.876. The normalized spacial score (nSPS) is 11.9. The Morgan fingerprint density at radius 3 is 2.80 bits per heavy atom. The zero-order valence-corrected chi connectivity index (χ0v) is 11.4. The first-order valence-electron chi connectivity index (χ1n) is 6.26. The standard InChI is InChI=1S/C15H17NO4/c1-10-11(7-8-20-10)15(18)16-9-13(17)12-5-3-4-6-14(12)19-2/h3-8,13,17H,9H2,1-2H3,(H,16,18). The van der Waals surface area contributed by atoms with Crippen molar-refractivity contribution < 1.29 is 19.1 Å². The smallest absolute Gasteiger partial charge is 0.254 e. The molecule has 2 N–H and O–H groups in total. The van der Waals surface area contributed by atoms with Crippen LogP contribution >= 0.6 is 0 Å². The Hall–Kier alpha value is -2.27. The number of amides is 1. The van der Waals surface area contributed by atoms with Crippen LogP contribution in [0.25, 0.3) is 0 Å². The molecule has 1 unspecified atom stereocenters. The average Bonchev–Trinajstić information content (AvgIpc) is 2.90. The summed E-state index contributed by atoms with van der Waals surface area (Å²) in [6.07, 6.45) is 0.628. The van der Waals surface area contributed by atoms with E-state index in [2.05, 4.69) is 5.32 Å². The molecular weight excluding hydrogens is 258 g/mol. The molecule has 20 heavy (non-hydrogen) atoms. The maximum Gasteiger partial charge on any atom is 0.254 e. The maximum atomic E-state index is 11.9. The molecule has 2 aromatic rings. The van der Waals surface area contributed by atoms with Gasteiger partial charge in [-0.05, 0) is 19.1 Å². The molecule has 0 saturated heterocycles. The van der Waals surface area contributed by atoms with Crippen LogP contribution in [0.5, 0.6) is 5.75 Å². The minimum Gasteiger partial charge on any atom is -0.496 e. The second-order valence-electron chi connectivity index (χ2n) is 4.36.